The molecule has 1 unspecified atom stereocenters. The van der Waals surface area contributed by atoms with E-state index in [4.69, 9.17) is 4.74 Å². The molecular formula is C33H42N2O2. The molecule has 0 saturated heterocycles. The third kappa shape index (κ3) is 8.82. The van der Waals surface area contributed by atoms with E-state index in [-0.39, 0.29) is 5.91 Å². The number of benzene rings is 3. The molecule has 0 bridgehead atoms. The van der Waals surface area contributed by atoms with Crippen LogP contribution in [0.3, 0.4) is 0 Å². The predicted molar refractivity (Wildman–Crippen MR) is 157 cm³/mol. The third-order valence-corrected chi connectivity index (χ3v) is 6.79. The molecule has 0 aliphatic carbocycles. The van der Waals surface area contributed by atoms with Crippen LogP contribution in [-0.2, 0) is 11.4 Å². The minimum Gasteiger partial charge on any atom is -0.489 e. The molecule has 0 aromatic heterocycles. The zero-order chi connectivity index (χ0) is 26.5. The summed E-state index contributed by atoms with van der Waals surface area (Å²) in [5.41, 5.74) is 6.25. The molecule has 1 amide bonds. The van der Waals surface area contributed by atoms with Crippen molar-refractivity contribution in [2.24, 2.45) is 5.92 Å². The first-order chi connectivity index (χ1) is 18.1. The van der Waals surface area contributed by atoms with Gasteiger partial charge in [-0.1, -0.05) is 82.5 Å². The van der Waals surface area contributed by atoms with E-state index in [2.05, 4.69) is 68.7 Å². The van der Waals surface area contributed by atoms with E-state index in [9.17, 15) is 4.79 Å². The fraction of sp³-hybridized carbons (Fsp3) is 0.364. The minimum absolute atomic E-state index is 0.0782. The average Bonchev–Trinajstić information content (AvgIpc) is 2.92. The average molecular weight is 499 g/mol. The molecule has 4 nitrogen and oxygen atoms in total. The Morgan fingerprint density at radius 2 is 1.70 bits per heavy atom. The lowest BCUT2D eigenvalue weighted by molar-refractivity contribution is -0.116. The summed E-state index contributed by atoms with van der Waals surface area (Å²) < 4.78 is 6.10. The van der Waals surface area contributed by atoms with Crippen molar-refractivity contribution < 1.29 is 9.53 Å². The molecule has 0 heterocycles. The quantitative estimate of drug-likeness (QED) is 0.233. The zero-order valence-electron chi connectivity index (χ0n) is 22.8. The standard InChI is InChI=1S/C33H42N2O2/c1-5-13-25(6-2)18-21-33(36)35-29-17-12-16-28(22-29)34-32-20-19-30(23-31(32)27(7-3)8-4)37-24-26-14-10-9-11-15-26/h7,9-12,14-17,19-20,22-23,25,34H,5-6,8,13,18,21,24H2,1-4H3,(H,35,36)/b27-7+. The maximum absolute atomic E-state index is 12.6. The van der Waals surface area contributed by atoms with Gasteiger partial charge in [0.25, 0.3) is 0 Å². The number of carbonyl (C=O) groups excluding carboxylic acids is 1. The highest BCUT2D eigenvalue weighted by atomic mass is 16.5. The number of carbonyl (C=O) groups is 1. The Labute approximate surface area is 223 Å². The number of amides is 1. The molecule has 0 radical (unpaired) electrons. The Hall–Kier alpha value is -3.53. The van der Waals surface area contributed by atoms with Gasteiger partial charge in [-0.25, -0.2) is 0 Å². The second-order valence-corrected chi connectivity index (χ2v) is 9.50. The van der Waals surface area contributed by atoms with Crippen LogP contribution in [0, 0.1) is 5.92 Å². The van der Waals surface area contributed by atoms with Crippen LogP contribution >= 0.6 is 0 Å². The van der Waals surface area contributed by atoms with E-state index in [1.807, 2.05) is 48.5 Å². The van der Waals surface area contributed by atoms with E-state index in [1.54, 1.807) is 0 Å². The Morgan fingerprint density at radius 1 is 0.919 bits per heavy atom. The number of hydrogen-bond donors (Lipinski definition) is 2. The number of hydrogen-bond acceptors (Lipinski definition) is 3. The van der Waals surface area contributed by atoms with Crippen LogP contribution in [0.5, 0.6) is 5.75 Å². The second-order valence-electron chi connectivity index (χ2n) is 9.50. The fourth-order valence-corrected chi connectivity index (χ4v) is 4.63. The Kier molecular flexibility index (Phi) is 11.3. The van der Waals surface area contributed by atoms with Gasteiger partial charge in [0.1, 0.15) is 12.4 Å². The predicted octanol–water partition coefficient (Wildman–Crippen LogP) is 9.37. The summed E-state index contributed by atoms with van der Waals surface area (Å²) in [5, 5.41) is 6.65. The molecule has 0 saturated carbocycles. The SMILES string of the molecule is C/C=C(\CC)c1cc(OCc2ccccc2)ccc1Nc1cccc(NC(=O)CCC(CC)CCC)c1. The first-order valence-corrected chi connectivity index (χ1v) is 13.7. The van der Waals surface area contributed by atoms with Gasteiger partial charge < -0.3 is 15.4 Å². The molecule has 2 N–H and O–H groups in total. The molecule has 3 rings (SSSR count). The molecule has 37 heavy (non-hydrogen) atoms. The number of anilines is 3. The summed E-state index contributed by atoms with van der Waals surface area (Å²) >= 11 is 0. The van der Waals surface area contributed by atoms with Crippen molar-refractivity contribution in [3.8, 4) is 5.75 Å². The second kappa shape index (κ2) is 14.9. The van der Waals surface area contributed by atoms with Crippen molar-refractivity contribution in [2.75, 3.05) is 10.6 Å². The van der Waals surface area contributed by atoms with Crippen LogP contribution in [0.25, 0.3) is 5.57 Å². The summed E-state index contributed by atoms with van der Waals surface area (Å²) in [6.07, 6.45) is 8.06. The summed E-state index contributed by atoms with van der Waals surface area (Å²) in [5.74, 6) is 1.54. The summed E-state index contributed by atoms with van der Waals surface area (Å²) in [4.78, 5) is 12.6. The third-order valence-electron chi connectivity index (χ3n) is 6.79. The maximum Gasteiger partial charge on any atom is 0.224 e. The molecule has 4 heteroatoms. The van der Waals surface area contributed by atoms with E-state index >= 15 is 0 Å². The summed E-state index contributed by atoms with van der Waals surface area (Å²) in [6.45, 7) is 9.18. The fourth-order valence-electron chi connectivity index (χ4n) is 4.63. The minimum atomic E-state index is 0.0782. The highest BCUT2D eigenvalue weighted by Gasteiger charge is 2.12. The van der Waals surface area contributed by atoms with Gasteiger partial charge >= 0.3 is 0 Å². The highest BCUT2D eigenvalue weighted by Crippen LogP contribution is 2.33. The zero-order valence-corrected chi connectivity index (χ0v) is 22.8. The van der Waals surface area contributed by atoms with Gasteiger partial charge in [0.05, 0.1) is 0 Å². The van der Waals surface area contributed by atoms with E-state index in [0.29, 0.717) is 18.9 Å². The Morgan fingerprint density at radius 3 is 2.41 bits per heavy atom. The molecule has 0 aliphatic rings. The number of nitrogens with one attached hydrogen (secondary N) is 2. The van der Waals surface area contributed by atoms with Crippen LogP contribution in [0.15, 0.2) is 78.9 Å². The topological polar surface area (TPSA) is 50.4 Å². The molecule has 1 atom stereocenters. The van der Waals surface area contributed by atoms with Crippen molar-refractivity contribution in [2.45, 2.75) is 72.8 Å². The first kappa shape index (κ1) is 28.0. The van der Waals surface area contributed by atoms with E-state index in [1.165, 1.54) is 18.4 Å². The molecule has 3 aromatic rings. The molecule has 0 fully saturated rings. The van der Waals surface area contributed by atoms with E-state index < -0.39 is 0 Å². The highest BCUT2D eigenvalue weighted by molar-refractivity contribution is 5.91. The van der Waals surface area contributed by atoms with Crippen molar-refractivity contribution >= 4 is 28.5 Å². The summed E-state index contributed by atoms with van der Waals surface area (Å²) in [6, 6.07) is 24.3. The van der Waals surface area contributed by atoms with Crippen molar-refractivity contribution in [3.05, 3.63) is 90.0 Å². The molecule has 0 aliphatic heterocycles. The van der Waals surface area contributed by atoms with E-state index in [0.717, 1.165) is 53.2 Å². The number of allylic oxidation sites excluding steroid dienone is 2. The number of ether oxygens (including phenoxy) is 1. The van der Waals surface area contributed by atoms with Gasteiger partial charge in [0.15, 0.2) is 0 Å². The molecular weight excluding hydrogens is 456 g/mol. The monoisotopic (exact) mass is 498 g/mol. The normalized spacial score (nSPS) is 12.2. The summed E-state index contributed by atoms with van der Waals surface area (Å²) in [7, 11) is 0. The van der Waals surface area contributed by atoms with Crippen molar-refractivity contribution in [1.82, 2.24) is 0 Å². The lowest BCUT2D eigenvalue weighted by atomic mass is 9.95. The van der Waals surface area contributed by atoms with Gasteiger partial charge in [-0.3, -0.25) is 4.79 Å². The smallest absolute Gasteiger partial charge is 0.224 e. The first-order valence-electron chi connectivity index (χ1n) is 13.7. The molecule has 3 aromatic carbocycles. The molecule has 0 spiro atoms. The Bertz CT molecular complexity index is 1150. The lowest BCUT2D eigenvalue weighted by Gasteiger charge is -2.17. The maximum atomic E-state index is 12.6. The Balaban J connectivity index is 1.71. The van der Waals surface area contributed by atoms with Gasteiger partial charge in [-0.05, 0) is 73.2 Å². The van der Waals surface area contributed by atoms with Gasteiger partial charge in [-0.15, -0.1) is 0 Å². The van der Waals surface area contributed by atoms with Crippen molar-refractivity contribution in [3.63, 3.8) is 0 Å². The largest absolute Gasteiger partial charge is 0.489 e. The van der Waals surface area contributed by atoms with Gasteiger partial charge in [-0.2, -0.15) is 0 Å². The van der Waals surface area contributed by atoms with Crippen LogP contribution in [0.2, 0.25) is 0 Å². The van der Waals surface area contributed by atoms with Gasteiger partial charge in [0, 0.05) is 29.0 Å². The van der Waals surface area contributed by atoms with Crippen LogP contribution in [0.4, 0.5) is 17.1 Å². The van der Waals surface area contributed by atoms with Crippen molar-refractivity contribution in [1.29, 1.82) is 0 Å². The molecule has 196 valence electrons. The van der Waals surface area contributed by atoms with Crippen LogP contribution in [0.1, 0.15) is 77.3 Å². The number of rotatable bonds is 14. The van der Waals surface area contributed by atoms with Gasteiger partial charge in [0.2, 0.25) is 5.91 Å². The van der Waals surface area contributed by atoms with Crippen LogP contribution in [-0.4, -0.2) is 5.91 Å². The lowest BCUT2D eigenvalue weighted by Crippen LogP contribution is -2.13. The van der Waals surface area contributed by atoms with Crippen LogP contribution < -0.4 is 15.4 Å².